The van der Waals surface area contributed by atoms with Gasteiger partial charge in [-0.25, -0.2) is 4.98 Å². The van der Waals surface area contributed by atoms with Gasteiger partial charge < -0.3 is 10.2 Å². The zero-order valence-corrected chi connectivity index (χ0v) is 15.6. The van der Waals surface area contributed by atoms with Crippen LogP contribution in [0.5, 0.6) is 0 Å². The van der Waals surface area contributed by atoms with Gasteiger partial charge in [0, 0.05) is 24.9 Å². The number of thiophene rings is 1. The Morgan fingerprint density at radius 3 is 2.81 bits per heavy atom. The van der Waals surface area contributed by atoms with Crippen LogP contribution in [0.3, 0.4) is 0 Å². The Labute approximate surface area is 159 Å². The summed E-state index contributed by atoms with van der Waals surface area (Å²) in [6.45, 7) is 0.992. The van der Waals surface area contributed by atoms with Crippen molar-refractivity contribution >= 4 is 39.6 Å². The highest BCUT2D eigenvalue weighted by atomic mass is 32.1. The van der Waals surface area contributed by atoms with Crippen molar-refractivity contribution in [3.8, 4) is 10.6 Å². The molecule has 132 valence electrons. The first kappa shape index (κ1) is 16.9. The van der Waals surface area contributed by atoms with Crippen LogP contribution in [0.1, 0.15) is 12.0 Å². The summed E-state index contributed by atoms with van der Waals surface area (Å²) in [7, 11) is 0. The normalized spacial score (nSPS) is 16.8. The van der Waals surface area contributed by atoms with Crippen LogP contribution in [-0.4, -0.2) is 28.2 Å². The highest BCUT2D eigenvalue weighted by molar-refractivity contribution is 7.16. The van der Waals surface area contributed by atoms with Gasteiger partial charge in [-0.2, -0.15) is 0 Å². The fraction of sp³-hybridized carbons (Fsp3) is 0.211. The number of amides is 2. The van der Waals surface area contributed by atoms with E-state index in [-0.39, 0.29) is 24.2 Å². The van der Waals surface area contributed by atoms with Gasteiger partial charge in [-0.1, -0.05) is 36.4 Å². The molecule has 5 nitrogen and oxygen atoms in total. The van der Waals surface area contributed by atoms with Crippen molar-refractivity contribution < 1.29 is 9.59 Å². The van der Waals surface area contributed by atoms with E-state index in [1.165, 1.54) is 11.3 Å². The molecule has 1 aromatic carbocycles. The van der Waals surface area contributed by atoms with Crippen molar-refractivity contribution in [1.82, 2.24) is 9.88 Å². The van der Waals surface area contributed by atoms with Gasteiger partial charge in [0.1, 0.15) is 0 Å². The van der Waals surface area contributed by atoms with Gasteiger partial charge in [0.2, 0.25) is 11.8 Å². The van der Waals surface area contributed by atoms with Crippen molar-refractivity contribution in [3.05, 3.63) is 58.8 Å². The number of nitrogens with one attached hydrogen (secondary N) is 1. The third kappa shape index (κ3) is 3.68. The molecule has 4 rings (SSSR count). The molecule has 1 aliphatic heterocycles. The molecule has 1 atom stereocenters. The lowest BCUT2D eigenvalue weighted by atomic mass is 10.1. The average Bonchev–Trinajstić information content (AvgIpc) is 3.38. The molecule has 2 amide bonds. The van der Waals surface area contributed by atoms with Gasteiger partial charge >= 0.3 is 0 Å². The molecule has 0 bridgehead atoms. The second-order valence-electron chi connectivity index (χ2n) is 6.17. The van der Waals surface area contributed by atoms with E-state index in [1.54, 1.807) is 16.2 Å². The van der Waals surface area contributed by atoms with E-state index >= 15 is 0 Å². The lowest BCUT2D eigenvalue weighted by molar-refractivity contribution is -0.128. The van der Waals surface area contributed by atoms with E-state index in [9.17, 15) is 9.59 Å². The van der Waals surface area contributed by atoms with Crippen LogP contribution in [0.15, 0.2) is 53.2 Å². The third-order valence-electron chi connectivity index (χ3n) is 4.31. The first-order valence-corrected chi connectivity index (χ1v) is 10.1. The highest BCUT2D eigenvalue weighted by Crippen LogP contribution is 2.29. The highest BCUT2D eigenvalue weighted by Gasteiger charge is 2.34. The first-order chi connectivity index (χ1) is 12.7. The fourth-order valence-electron chi connectivity index (χ4n) is 2.98. The van der Waals surface area contributed by atoms with Crippen LogP contribution in [0.25, 0.3) is 10.6 Å². The molecule has 7 heteroatoms. The summed E-state index contributed by atoms with van der Waals surface area (Å²) >= 11 is 3.02. The predicted molar refractivity (Wildman–Crippen MR) is 104 cm³/mol. The number of anilines is 1. The number of thiazole rings is 1. The number of carbonyl (C=O) groups is 2. The Morgan fingerprint density at radius 2 is 2.04 bits per heavy atom. The molecule has 0 saturated carbocycles. The average molecular weight is 383 g/mol. The quantitative estimate of drug-likeness (QED) is 0.728. The van der Waals surface area contributed by atoms with E-state index in [2.05, 4.69) is 10.3 Å². The summed E-state index contributed by atoms with van der Waals surface area (Å²) in [5.41, 5.74) is 1.94. The van der Waals surface area contributed by atoms with E-state index in [0.29, 0.717) is 18.2 Å². The molecular weight excluding hydrogens is 366 g/mol. The largest absolute Gasteiger partial charge is 0.338 e. The maximum atomic E-state index is 12.5. The van der Waals surface area contributed by atoms with E-state index in [4.69, 9.17) is 0 Å². The van der Waals surface area contributed by atoms with Crippen LogP contribution >= 0.6 is 22.7 Å². The predicted octanol–water partition coefficient (Wildman–Crippen LogP) is 3.86. The summed E-state index contributed by atoms with van der Waals surface area (Å²) in [4.78, 5) is 32.1. The van der Waals surface area contributed by atoms with Crippen LogP contribution in [-0.2, 0) is 16.1 Å². The monoisotopic (exact) mass is 383 g/mol. The number of nitrogens with zero attached hydrogens (tertiary/aromatic N) is 2. The summed E-state index contributed by atoms with van der Waals surface area (Å²) in [5.74, 6) is -0.450. The summed E-state index contributed by atoms with van der Waals surface area (Å²) in [5, 5.41) is 7.37. The smallest absolute Gasteiger partial charge is 0.231 e. The van der Waals surface area contributed by atoms with E-state index in [0.717, 1.165) is 16.1 Å². The molecule has 1 saturated heterocycles. The maximum Gasteiger partial charge on any atom is 0.231 e. The number of hydrogen-bond acceptors (Lipinski definition) is 5. The van der Waals surface area contributed by atoms with E-state index < -0.39 is 0 Å². The fourth-order valence-corrected chi connectivity index (χ4v) is 4.45. The number of aromatic nitrogens is 1. The summed E-state index contributed by atoms with van der Waals surface area (Å²) < 4.78 is 0. The van der Waals surface area contributed by atoms with Crippen molar-refractivity contribution in [2.75, 3.05) is 11.9 Å². The van der Waals surface area contributed by atoms with Crippen LogP contribution in [0.2, 0.25) is 0 Å². The molecule has 26 heavy (non-hydrogen) atoms. The van der Waals surface area contributed by atoms with Crippen molar-refractivity contribution in [2.24, 2.45) is 5.92 Å². The molecule has 0 radical (unpaired) electrons. The Hall–Kier alpha value is -2.51. The summed E-state index contributed by atoms with van der Waals surface area (Å²) in [6, 6.07) is 13.8. The molecule has 1 aliphatic rings. The molecule has 0 spiro atoms. The minimum atomic E-state index is -0.333. The number of hydrogen-bond donors (Lipinski definition) is 1. The molecular formula is C19H17N3O2S2. The topological polar surface area (TPSA) is 62.3 Å². The standard InChI is InChI=1S/C19H17N3O2S2/c23-17-9-14(11-22(17)10-13-5-2-1-3-6-13)18(24)21-19-20-15(12-26-19)16-7-4-8-25-16/h1-8,12,14H,9-11H2,(H,20,21,24). The minimum Gasteiger partial charge on any atom is -0.338 e. The van der Waals surface area contributed by atoms with Crippen LogP contribution in [0.4, 0.5) is 5.13 Å². The Bertz CT molecular complexity index is 906. The van der Waals surface area contributed by atoms with E-state index in [1.807, 2.05) is 53.2 Å². The lowest BCUT2D eigenvalue weighted by Gasteiger charge is -2.16. The van der Waals surface area contributed by atoms with Gasteiger partial charge in [-0.3, -0.25) is 9.59 Å². The van der Waals surface area contributed by atoms with Crippen LogP contribution in [0, 0.1) is 5.92 Å². The molecule has 1 N–H and O–H groups in total. The Balaban J connectivity index is 1.37. The molecule has 1 fully saturated rings. The van der Waals surface area contributed by atoms with Crippen LogP contribution < -0.4 is 5.32 Å². The molecule has 1 unspecified atom stereocenters. The minimum absolute atomic E-state index is 0.0208. The van der Waals surface area contributed by atoms with Crippen molar-refractivity contribution in [1.29, 1.82) is 0 Å². The second-order valence-corrected chi connectivity index (χ2v) is 7.97. The number of rotatable bonds is 5. The SMILES string of the molecule is O=C(Nc1nc(-c2cccs2)cs1)C1CC(=O)N(Cc2ccccc2)C1. The van der Waals surface area contributed by atoms with Gasteiger partial charge in [0.05, 0.1) is 16.5 Å². The Morgan fingerprint density at radius 1 is 1.19 bits per heavy atom. The zero-order chi connectivity index (χ0) is 17.9. The van der Waals surface area contributed by atoms with Gasteiger partial charge in [0.25, 0.3) is 0 Å². The molecule has 3 aromatic rings. The number of likely N-dealkylation sites (tertiary alicyclic amines) is 1. The molecule has 0 aliphatic carbocycles. The molecule has 3 heterocycles. The second kappa shape index (κ2) is 7.39. The third-order valence-corrected chi connectivity index (χ3v) is 5.96. The zero-order valence-electron chi connectivity index (χ0n) is 13.9. The van der Waals surface area contributed by atoms with Gasteiger partial charge in [0.15, 0.2) is 5.13 Å². The first-order valence-electron chi connectivity index (χ1n) is 8.31. The molecule has 2 aromatic heterocycles. The van der Waals surface area contributed by atoms with Crippen molar-refractivity contribution in [3.63, 3.8) is 0 Å². The number of carbonyl (C=O) groups excluding carboxylic acids is 2. The summed E-state index contributed by atoms with van der Waals surface area (Å²) in [6.07, 6.45) is 0.252. The maximum absolute atomic E-state index is 12.5. The number of benzene rings is 1. The Kier molecular flexibility index (Phi) is 4.81. The van der Waals surface area contributed by atoms with Gasteiger partial charge in [-0.15, -0.1) is 22.7 Å². The van der Waals surface area contributed by atoms with Crippen molar-refractivity contribution in [2.45, 2.75) is 13.0 Å². The lowest BCUT2D eigenvalue weighted by Crippen LogP contribution is -2.28. The van der Waals surface area contributed by atoms with Gasteiger partial charge in [-0.05, 0) is 17.0 Å².